The normalized spacial score (nSPS) is 16.0. The van der Waals surface area contributed by atoms with Gasteiger partial charge < -0.3 is 10.4 Å². The van der Waals surface area contributed by atoms with Gasteiger partial charge >= 0.3 is 5.97 Å². The van der Waals surface area contributed by atoms with Crippen LogP contribution in [0.1, 0.15) is 37.7 Å². The number of hydrogen-bond donors (Lipinski definition) is 2. The molecule has 1 saturated carbocycles. The minimum Gasteiger partial charge on any atom is -0.481 e. The van der Waals surface area contributed by atoms with E-state index in [4.69, 9.17) is 0 Å². The van der Waals surface area contributed by atoms with Gasteiger partial charge in [0.05, 0.1) is 12.0 Å². The predicted molar refractivity (Wildman–Crippen MR) is 89.6 cm³/mol. The number of hydrogen-bond acceptors (Lipinski definition) is 3. The fourth-order valence-corrected chi connectivity index (χ4v) is 3.36. The van der Waals surface area contributed by atoms with Crippen molar-refractivity contribution in [3.63, 3.8) is 0 Å². The van der Waals surface area contributed by atoms with E-state index in [0.717, 1.165) is 18.4 Å². The quantitative estimate of drug-likeness (QED) is 0.854. The average molecular weight is 327 g/mol. The van der Waals surface area contributed by atoms with Crippen molar-refractivity contribution in [2.24, 2.45) is 5.41 Å². The molecule has 1 aliphatic rings. The van der Waals surface area contributed by atoms with E-state index in [1.54, 1.807) is 10.9 Å². The minimum absolute atomic E-state index is 0.0334. The molecule has 24 heavy (non-hydrogen) atoms. The molecule has 6 nitrogen and oxygen atoms in total. The molecule has 1 heterocycles. The number of nitrogens with zero attached hydrogens (tertiary/aromatic N) is 2. The first-order valence-electron chi connectivity index (χ1n) is 8.17. The number of nitrogens with one attached hydrogen (secondary N) is 1. The molecule has 0 unspecified atom stereocenters. The molecule has 1 amide bonds. The molecule has 0 spiro atoms. The summed E-state index contributed by atoms with van der Waals surface area (Å²) < 4.78 is 1.80. The fraction of sp³-hybridized carbons (Fsp3) is 0.389. The molecule has 1 aromatic carbocycles. The van der Waals surface area contributed by atoms with Crippen molar-refractivity contribution in [2.45, 2.75) is 38.6 Å². The van der Waals surface area contributed by atoms with Gasteiger partial charge in [0.25, 0.3) is 0 Å². The number of carbonyl (C=O) groups is 2. The zero-order valence-electron chi connectivity index (χ0n) is 13.4. The van der Waals surface area contributed by atoms with Gasteiger partial charge in [-0.25, -0.2) is 0 Å². The van der Waals surface area contributed by atoms with Crippen molar-refractivity contribution >= 4 is 17.6 Å². The number of carboxylic acids is 1. The standard InChI is InChI=1S/C18H21N3O3/c22-16(12-18(17(23)24)7-1-2-8-18)20-15-6-3-5-14(11-15)13-21-10-4-9-19-21/h3-6,9-11H,1-2,7-8,12-13H2,(H,20,22)(H,23,24). The number of carbonyl (C=O) groups excluding carboxylic acids is 1. The van der Waals surface area contributed by atoms with Crippen LogP contribution in [0.4, 0.5) is 5.69 Å². The van der Waals surface area contributed by atoms with Crippen LogP contribution in [0.25, 0.3) is 0 Å². The van der Waals surface area contributed by atoms with Gasteiger partial charge in [-0.1, -0.05) is 25.0 Å². The summed E-state index contributed by atoms with van der Waals surface area (Å²) in [6.45, 7) is 0.621. The Hall–Kier alpha value is -2.63. The summed E-state index contributed by atoms with van der Waals surface area (Å²) in [4.78, 5) is 23.9. The zero-order chi connectivity index (χ0) is 17.0. The zero-order valence-corrected chi connectivity index (χ0v) is 13.4. The van der Waals surface area contributed by atoms with Crippen molar-refractivity contribution in [2.75, 3.05) is 5.32 Å². The van der Waals surface area contributed by atoms with Crippen LogP contribution in [0, 0.1) is 5.41 Å². The Balaban J connectivity index is 1.65. The molecule has 1 fully saturated rings. The third kappa shape index (κ3) is 3.64. The van der Waals surface area contributed by atoms with Crippen LogP contribution in [0.2, 0.25) is 0 Å². The lowest BCUT2D eigenvalue weighted by atomic mass is 9.82. The Morgan fingerprint density at radius 2 is 2.04 bits per heavy atom. The minimum atomic E-state index is -0.892. The van der Waals surface area contributed by atoms with E-state index in [2.05, 4.69) is 10.4 Å². The molecule has 2 N–H and O–H groups in total. The number of anilines is 1. The Morgan fingerprint density at radius 1 is 1.25 bits per heavy atom. The molecular weight excluding hydrogens is 306 g/mol. The van der Waals surface area contributed by atoms with E-state index in [9.17, 15) is 14.7 Å². The summed E-state index contributed by atoms with van der Waals surface area (Å²) in [6, 6.07) is 9.40. The van der Waals surface area contributed by atoms with Crippen LogP contribution in [0.15, 0.2) is 42.7 Å². The number of benzene rings is 1. The maximum atomic E-state index is 12.3. The van der Waals surface area contributed by atoms with Crippen LogP contribution in [-0.2, 0) is 16.1 Å². The van der Waals surface area contributed by atoms with Gasteiger partial charge in [-0.3, -0.25) is 14.3 Å². The lowest BCUT2D eigenvalue weighted by Gasteiger charge is -2.22. The molecule has 2 aromatic rings. The summed E-state index contributed by atoms with van der Waals surface area (Å²) in [5, 5.41) is 16.5. The van der Waals surface area contributed by atoms with E-state index in [1.807, 2.05) is 36.5 Å². The number of carboxylic acid groups (broad SMARTS) is 1. The molecule has 0 saturated heterocycles. The van der Waals surface area contributed by atoms with Gasteiger partial charge in [-0.15, -0.1) is 0 Å². The van der Waals surface area contributed by atoms with Gasteiger partial charge in [-0.05, 0) is 36.6 Å². The first-order chi connectivity index (χ1) is 11.6. The Labute approximate surface area is 140 Å². The Bertz CT molecular complexity index is 719. The molecule has 1 aromatic heterocycles. The van der Waals surface area contributed by atoms with Crippen molar-refractivity contribution in [3.05, 3.63) is 48.3 Å². The lowest BCUT2D eigenvalue weighted by Crippen LogP contribution is -2.32. The largest absolute Gasteiger partial charge is 0.481 e. The SMILES string of the molecule is O=C(CC1(C(=O)O)CCCC1)Nc1cccc(Cn2cccn2)c1. The molecule has 0 atom stereocenters. The smallest absolute Gasteiger partial charge is 0.310 e. The van der Waals surface area contributed by atoms with E-state index in [0.29, 0.717) is 25.1 Å². The first kappa shape index (κ1) is 16.2. The van der Waals surface area contributed by atoms with Crippen molar-refractivity contribution < 1.29 is 14.7 Å². The first-order valence-corrected chi connectivity index (χ1v) is 8.17. The summed E-state index contributed by atoms with van der Waals surface area (Å²) in [5.41, 5.74) is 0.810. The second-order valence-corrected chi connectivity index (χ2v) is 6.42. The highest BCUT2D eigenvalue weighted by Crippen LogP contribution is 2.41. The maximum Gasteiger partial charge on any atom is 0.310 e. The van der Waals surface area contributed by atoms with Gasteiger partial charge in [0.15, 0.2) is 0 Å². The Kier molecular flexibility index (Phi) is 4.64. The molecule has 6 heteroatoms. The monoisotopic (exact) mass is 327 g/mol. The van der Waals surface area contributed by atoms with Crippen LogP contribution in [0.5, 0.6) is 0 Å². The van der Waals surface area contributed by atoms with Crippen LogP contribution < -0.4 is 5.32 Å². The predicted octanol–water partition coefficient (Wildman–Crippen LogP) is 2.91. The highest BCUT2D eigenvalue weighted by Gasteiger charge is 2.42. The maximum absolute atomic E-state index is 12.3. The van der Waals surface area contributed by atoms with Crippen LogP contribution >= 0.6 is 0 Å². The number of rotatable bonds is 6. The third-order valence-corrected chi connectivity index (χ3v) is 4.63. The highest BCUT2D eigenvalue weighted by molar-refractivity contribution is 5.94. The topological polar surface area (TPSA) is 84.2 Å². The summed E-state index contributed by atoms with van der Waals surface area (Å²) >= 11 is 0. The average Bonchev–Trinajstić information content (AvgIpc) is 3.20. The summed E-state index contributed by atoms with van der Waals surface area (Å²) in [7, 11) is 0. The van der Waals surface area contributed by atoms with Gasteiger partial charge in [0, 0.05) is 24.5 Å². The molecule has 1 aliphatic carbocycles. The molecule has 0 radical (unpaired) electrons. The second kappa shape index (κ2) is 6.86. The van der Waals surface area contributed by atoms with Crippen molar-refractivity contribution in [3.8, 4) is 0 Å². The lowest BCUT2D eigenvalue weighted by molar-refractivity contribution is -0.150. The highest BCUT2D eigenvalue weighted by atomic mass is 16.4. The molecular formula is C18H21N3O3. The van der Waals surface area contributed by atoms with E-state index in [-0.39, 0.29) is 12.3 Å². The van der Waals surface area contributed by atoms with Crippen LogP contribution in [-0.4, -0.2) is 26.8 Å². The molecule has 0 bridgehead atoms. The van der Waals surface area contributed by atoms with E-state index < -0.39 is 11.4 Å². The van der Waals surface area contributed by atoms with Crippen molar-refractivity contribution in [1.29, 1.82) is 0 Å². The van der Waals surface area contributed by atoms with Crippen molar-refractivity contribution in [1.82, 2.24) is 9.78 Å². The molecule has 126 valence electrons. The molecule has 0 aliphatic heterocycles. The van der Waals surface area contributed by atoms with Crippen LogP contribution in [0.3, 0.4) is 0 Å². The summed E-state index contributed by atoms with van der Waals surface area (Å²) in [5.74, 6) is -1.10. The van der Waals surface area contributed by atoms with Gasteiger partial charge in [-0.2, -0.15) is 5.10 Å². The van der Waals surface area contributed by atoms with Gasteiger partial charge in [0.1, 0.15) is 0 Å². The van der Waals surface area contributed by atoms with Gasteiger partial charge in [0.2, 0.25) is 5.91 Å². The summed E-state index contributed by atoms with van der Waals surface area (Å²) in [6.07, 6.45) is 6.54. The fourth-order valence-electron chi connectivity index (χ4n) is 3.36. The number of amides is 1. The third-order valence-electron chi connectivity index (χ3n) is 4.63. The Morgan fingerprint density at radius 3 is 2.71 bits per heavy atom. The second-order valence-electron chi connectivity index (χ2n) is 6.42. The van der Waals surface area contributed by atoms with E-state index >= 15 is 0 Å². The number of aliphatic carboxylic acids is 1. The number of aromatic nitrogens is 2. The molecule has 3 rings (SSSR count). The van der Waals surface area contributed by atoms with E-state index in [1.165, 1.54) is 0 Å².